The lowest BCUT2D eigenvalue weighted by molar-refractivity contribution is -0.384. The van der Waals surface area contributed by atoms with Crippen molar-refractivity contribution in [1.82, 2.24) is 16.2 Å². The summed E-state index contributed by atoms with van der Waals surface area (Å²) in [6.45, 7) is 0. The molecule has 9 heteroatoms. The van der Waals surface area contributed by atoms with Crippen molar-refractivity contribution in [1.29, 1.82) is 0 Å². The van der Waals surface area contributed by atoms with Gasteiger partial charge in [0.2, 0.25) is 5.91 Å². The second-order valence-corrected chi connectivity index (χ2v) is 5.95. The number of hydrogen-bond acceptors (Lipinski definition) is 5. The highest BCUT2D eigenvalue weighted by atomic mass is 32.1. The van der Waals surface area contributed by atoms with Gasteiger partial charge < -0.3 is 5.32 Å². The Hall–Kier alpha value is -2.55. The molecule has 1 aliphatic rings. The highest BCUT2D eigenvalue weighted by molar-refractivity contribution is 7.80. The van der Waals surface area contributed by atoms with Crippen molar-refractivity contribution in [3.05, 3.63) is 39.9 Å². The summed E-state index contributed by atoms with van der Waals surface area (Å²) in [6.07, 6.45) is 4.89. The maximum absolute atomic E-state index is 12.0. The molecule has 1 aromatic carbocycles. The van der Waals surface area contributed by atoms with Crippen LogP contribution in [0.2, 0.25) is 0 Å². The van der Waals surface area contributed by atoms with Crippen LogP contribution >= 0.6 is 12.2 Å². The Balaban J connectivity index is 1.82. The van der Waals surface area contributed by atoms with Crippen LogP contribution in [-0.2, 0) is 4.79 Å². The molecule has 0 saturated heterocycles. The normalized spacial score (nSPS) is 14.5. The lowest BCUT2D eigenvalue weighted by atomic mass is 9.89. The van der Waals surface area contributed by atoms with Crippen molar-refractivity contribution in [3.8, 4) is 0 Å². The molecule has 0 aromatic heterocycles. The molecule has 128 valence electrons. The van der Waals surface area contributed by atoms with Gasteiger partial charge in [-0.3, -0.25) is 30.6 Å². The van der Waals surface area contributed by atoms with Crippen LogP contribution in [0.4, 0.5) is 5.69 Å². The summed E-state index contributed by atoms with van der Waals surface area (Å²) >= 11 is 4.97. The number of nitro benzene ring substituents is 1. The summed E-state index contributed by atoms with van der Waals surface area (Å²) in [5.74, 6) is -0.796. The minimum Gasteiger partial charge on any atom is -0.302 e. The Kier molecular flexibility index (Phi) is 6.19. The van der Waals surface area contributed by atoms with Crippen LogP contribution in [0.1, 0.15) is 42.5 Å². The number of rotatable bonds is 3. The zero-order valence-electron chi connectivity index (χ0n) is 12.9. The van der Waals surface area contributed by atoms with E-state index >= 15 is 0 Å². The number of nitro groups is 1. The number of hydrazine groups is 1. The van der Waals surface area contributed by atoms with Gasteiger partial charge in [0, 0.05) is 23.6 Å². The number of hydrogen-bond donors (Lipinski definition) is 3. The maximum atomic E-state index is 12.0. The predicted molar refractivity (Wildman–Crippen MR) is 91.0 cm³/mol. The summed E-state index contributed by atoms with van der Waals surface area (Å²) in [7, 11) is 0. The van der Waals surface area contributed by atoms with Gasteiger partial charge >= 0.3 is 0 Å². The van der Waals surface area contributed by atoms with Crippen LogP contribution in [0, 0.1) is 16.0 Å². The third-order valence-corrected chi connectivity index (χ3v) is 4.03. The lowest BCUT2D eigenvalue weighted by Crippen LogP contribution is -2.49. The first-order valence-electron chi connectivity index (χ1n) is 7.63. The fourth-order valence-electron chi connectivity index (χ4n) is 2.56. The third kappa shape index (κ3) is 4.98. The number of carbonyl (C=O) groups is 2. The molecule has 2 amide bonds. The SMILES string of the molecule is O=C(NNC(=S)NC(=O)C1CCCCC1)c1cccc([N+](=O)[O-])c1. The van der Waals surface area contributed by atoms with E-state index in [1.807, 2.05) is 0 Å². The Morgan fingerprint density at radius 2 is 1.88 bits per heavy atom. The first-order valence-corrected chi connectivity index (χ1v) is 8.04. The highest BCUT2D eigenvalue weighted by Gasteiger charge is 2.21. The van der Waals surface area contributed by atoms with E-state index in [0.717, 1.165) is 38.2 Å². The Morgan fingerprint density at radius 3 is 2.54 bits per heavy atom. The average molecular weight is 350 g/mol. The van der Waals surface area contributed by atoms with Gasteiger partial charge in [-0.05, 0) is 31.1 Å². The van der Waals surface area contributed by atoms with E-state index < -0.39 is 10.8 Å². The first-order chi connectivity index (χ1) is 11.5. The standard InChI is InChI=1S/C15H18N4O4S/c20-13(10-5-2-1-3-6-10)16-15(24)18-17-14(21)11-7-4-8-12(9-11)19(22)23/h4,7-10H,1-3,5-6H2,(H,17,21)(H2,16,18,20,24). The van der Waals surface area contributed by atoms with Crippen molar-refractivity contribution in [2.45, 2.75) is 32.1 Å². The lowest BCUT2D eigenvalue weighted by Gasteiger charge is -2.21. The number of nitrogens with one attached hydrogen (secondary N) is 3. The van der Waals surface area contributed by atoms with E-state index in [0.29, 0.717) is 0 Å². The van der Waals surface area contributed by atoms with Crippen molar-refractivity contribution in [2.75, 3.05) is 0 Å². The van der Waals surface area contributed by atoms with Gasteiger partial charge in [0.25, 0.3) is 11.6 Å². The molecule has 0 bridgehead atoms. The van der Waals surface area contributed by atoms with Gasteiger partial charge in [0.05, 0.1) is 4.92 Å². The van der Waals surface area contributed by atoms with Gasteiger partial charge in [-0.2, -0.15) is 0 Å². The zero-order chi connectivity index (χ0) is 17.5. The van der Waals surface area contributed by atoms with E-state index in [1.165, 1.54) is 18.2 Å². The third-order valence-electron chi connectivity index (χ3n) is 3.82. The molecule has 1 fully saturated rings. The molecule has 1 saturated carbocycles. The Morgan fingerprint density at radius 1 is 1.17 bits per heavy atom. The van der Waals surface area contributed by atoms with Gasteiger partial charge in [-0.15, -0.1) is 0 Å². The summed E-state index contributed by atoms with van der Waals surface area (Å²) in [6, 6.07) is 5.30. The minimum atomic E-state index is -0.590. The van der Waals surface area contributed by atoms with Crippen molar-refractivity contribution >= 4 is 34.8 Å². The van der Waals surface area contributed by atoms with Crippen LogP contribution in [0.3, 0.4) is 0 Å². The van der Waals surface area contributed by atoms with Crippen LogP contribution < -0.4 is 16.2 Å². The summed E-state index contributed by atoms with van der Waals surface area (Å²) in [4.78, 5) is 34.1. The van der Waals surface area contributed by atoms with Crippen molar-refractivity contribution in [3.63, 3.8) is 0 Å². The Labute approximate surface area is 144 Å². The topological polar surface area (TPSA) is 113 Å². The number of carbonyl (C=O) groups excluding carboxylic acids is 2. The number of thiocarbonyl (C=S) groups is 1. The quantitative estimate of drug-likeness (QED) is 0.435. The molecule has 0 radical (unpaired) electrons. The maximum Gasteiger partial charge on any atom is 0.270 e. The number of non-ortho nitro benzene ring substituents is 1. The predicted octanol–water partition coefficient (Wildman–Crippen LogP) is 1.81. The van der Waals surface area contributed by atoms with Crippen molar-refractivity contribution in [2.24, 2.45) is 5.92 Å². The van der Waals surface area contributed by atoms with E-state index in [4.69, 9.17) is 12.2 Å². The monoisotopic (exact) mass is 350 g/mol. The fraction of sp³-hybridized carbons (Fsp3) is 0.400. The van der Waals surface area contributed by atoms with Crippen molar-refractivity contribution < 1.29 is 14.5 Å². The number of nitrogens with zero attached hydrogens (tertiary/aromatic N) is 1. The van der Waals surface area contributed by atoms with Gasteiger partial charge in [0.1, 0.15) is 0 Å². The first kappa shape index (κ1) is 17.8. The molecular formula is C15H18N4O4S. The molecule has 0 aliphatic heterocycles. The highest BCUT2D eigenvalue weighted by Crippen LogP contribution is 2.23. The van der Waals surface area contributed by atoms with Crippen LogP contribution in [-0.4, -0.2) is 21.9 Å². The fourth-order valence-corrected chi connectivity index (χ4v) is 2.71. The second-order valence-electron chi connectivity index (χ2n) is 5.54. The molecule has 1 aliphatic carbocycles. The molecule has 0 spiro atoms. The molecule has 2 rings (SSSR count). The molecular weight excluding hydrogens is 332 g/mol. The summed E-state index contributed by atoms with van der Waals surface area (Å²) < 4.78 is 0. The van der Waals surface area contributed by atoms with Gasteiger partial charge in [0.15, 0.2) is 5.11 Å². The zero-order valence-corrected chi connectivity index (χ0v) is 13.7. The molecule has 0 atom stereocenters. The van der Waals surface area contributed by atoms with Gasteiger partial charge in [-0.25, -0.2) is 0 Å². The number of amides is 2. The van der Waals surface area contributed by atoms with E-state index in [9.17, 15) is 19.7 Å². The molecule has 0 heterocycles. The molecule has 8 nitrogen and oxygen atoms in total. The summed E-state index contributed by atoms with van der Waals surface area (Å²) in [5.41, 5.74) is 4.66. The average Bonchev–Trinajstić information content (AvgIpc) is 2.60. The van der Waals surface area contributed by atoms with E-state index in [1.54, 1.807) is 0 Å². The molecule has 0 unspecified atom stereocenters. The molecule has 1 aromatic rings. The smallest absolute Gasteiger partial charge is 0.270 e. The molecule has 3 N–H and O–H groups in total. The Bertz CT molecular complexity index is 659. The number of benzene rings is 1. The minimum absolute atomic E-state index is 0.00986. The van der Waals surface area contributed by atoms with Crippen LogP contribution in [0.25, 0.3) is 0 Å². The van der Waals surface area contributed by atoms with E-state index in [-0.39, 0.29) is 28.2 Å². The van der Waals surface area contributed by atoms with Gasteiger partial charge in [-0.1, -0.05) is 25.3 Å². The van der Waals surface area contributed by atoms with Crippen LogP contribution in [0.5, 0.6) is 0 Å². The largest absolute Gasteiger partial charge is 0.302 e. The second kappa shape index (κ2) is 8.34. The molecule has 24 heavy (non-hydrogen) atoms. The summed E-state index contributed by atoms with van der Waals surface area (Å²) in [5, 5.41) is 13.2. The van der Waals surface area contributed by atoms with Crippen LogP contribution in [0.15, 0.2) is 24.3 Å². The van der Waals surface area contributed by atoms with E-state index in [2.05, 4.69) is 16.2 Å².